The van der Waals surface area contributed by atoms with Crippen LogP contribution in [0.4, 0.5) is 0 Å². The van der Waals surface area contributed by atoms with Crippen LogP contribution in [0, 0.1) is 0 Å². The summed E-state index contributed by atoms with van der Waals surface area (Å²) in [5.41, 5.74) is 8.33. The van der Waals surface area contributed by atoms with Crippen LogP contribution in [0.5, 0.6) is 0 Å². The zero-order valence-corrected chi connectivity index (χ0v) is 9.38. The minimum Gasteiger partial charge on any atom is -0.325 e. The van der Waals surface area contributed by atoms with Crippen molar-refractivity contribution in [2.75, 3.05) is 0 Å². The highest BCUT2D eigenvalue weighted by Gasteiger charge is 2.16. The van der Waals surface area contributed by atoms with Crippen molar-refractivity contribution < 1.29 is 0 Å². The maximum absolute atomic E-state index is 6.08. The fourth-order valence-corrected chi connectivity index (χ4v) is 1.31. The summed E-state index contributed by atoms with van der Waals surface area (Å²) in [6, 6.07) is 4.22. The van der Waals surface area contributed by atoms with E-state index in [4.69, 9.17) is 5.73 Å². The van der Waals surface area contributed by atoms with Crippen molar-refractivity contribution in [2.24, 2.45) is 5.73 Å². The summed E-state index contributed by atoms with van der Waals surface area (Å²) < 4.78 is 0. The van der Waals surface area contributed by atoms with E-state index in [1.165, 1.54) is 5.56 Å². The van der Waals surface area contributed by atoms with Gasteiger partial charge in [0, 0.05) is 23.9 Å². The smallest absolute Gasteiger partial charge is 0.0422 e. The van der Waals surface area contributed by atoms with Crippen molar-refractivity contribution in [1.29, 1.82) is 0 Å². The van der Waals surface area contributed by atoms with Crippen LogP contribution < -0.4 is 5.73 Å². The highest BCUT2D eigenvalue weighted by molar-refractivity contribution is 5.15. The number of aryl methyl sites for hydroxylation is 1. The maximum Gasteiger partial charge on any atom is 0.0422 e. The first-order valence-corrected chi connectivity index (χ1v) is 5.30. The summed E-state index contributed by atoms with van der Waals surface area (Å²) in [7, 11) is 0. The van der Waals surface area contributed by atoms with Crippen LogP contribution in [-0.2, 0) is 12.8 Å². The van der Waals surface area contributed by atoms with Crippen LogP contribution >= 0.6 is 0 Å². The van der Waals surface area contributed by atoms with Crippen molar-refractivity contribution in [1.82, 2.24) is 4.98 Å². The predicted molar refractivity (Wildman–Crippen MR) is 60.2 cm³/mol. The van der Waals surface area contributed by atoms with Gasteiger partial charge in [-0.05, 0) is 31.4 Å². The Morgan fingerprint density at radius 3 is 2.50 bits per heavy atom. The van der Waals surface area contributed by atoms with Crippen LogP contribution in [-0.4, -0.2) is 10.5 Å². The van der Waals surface area contributed by atoms with Gasteiger partial charge in [-0.25, -0.2) is 0 Å². The molecule has 2 N–H and O–H groups in total. The number of nitrogens with zero attached hydrogens (tertiary/aromatic N) is 1. The molecule has 78 valence electrons. The van der Waals surface area contributed by atoms with E-state index < -0.39 is 0 Å². The van der Waals surface area contributed by atoms with Crippen LogP contribution in [0.15, 0.2) is 18.3 Å². The van der Waals surface area contributed by atoms with E-state index >= 15 is 0 Å². The van der Waals surface area contributed by atoms with Gasteiger partial charge < -0.3 is 5.73 Å². The van der Waals surface area contributed by atoms with Crippen molar-refractivity contribution in [3.05, 3.63) is 29.6 Å². The first-order valence-electron chi connectivity index (χ1n) is 5.30. The molecule has 0 radical (unpaired) electrons. The Kier molecular flexibility index (Phi) is 3.64. The zero-order chi connectivity index (χ0) is 10.6. The van der Waals surface area contributed by atoms with Gasteiger partial charge >= 0.3 is 0 Å². The molecule has 0 saturated carbocycles. The summed E-state index contributed by atoms with van der Waals surface area (Å²) in [5.74, 6) is 0. The van der Waals surface area contributed by atoms with E-state index in [0.717, 1.165) is 25.0 Å². The third kappa shape index (κ3) is 3.11. The fourth-order valence-electron chi connectivity index (χ4n) is 1.31. The first-order chi connectivity index (χ1) is 6.57. The summed E-state index contributed by atoms with van der Waals surface area (Å²) in [6.45, 7) is 6.32. The number of aromatic nitrogens is 1. The third-order valence-electron chi connectivity index (χ3n) is 2.69. The lowest BCUT2D eigenvalue weighted by molar-refractivity contribution is 0.445. The minimum atomic E-state index is -0.124. The Morgan fingerprint density at radius 2 is 2.07 bits per heavy atom. The standard InChI is InChI=1S/C12H20N2/c1-4-10-6-7-11(14-9-10)8-12(3,13)5-2/h6-7,9H,4-5,8,13H2,1-3H3. The predicted octanol–water partition coefficient (Wildman–Crippen LogP) is 2.31. The van der Waals surface area contributed by atoms with Gasteiger partial charge in [-0.2, -0.15) is 0 Å². The molecule has 0 aliphatic heterocycles. The third-order valence-corrected chi connectivity index (χ3v) is 2.69. The Bertz CT molecular complexity index is 275. The molecule has 14 heavy (non-hydrogen) atoms. The van der Waals surface area contributed by atoms with Gasteiger partial charge in [-0.1, -0.05) is 19.9 Å². The van der Waals surface area contributed by atoms with Crippen molar-refractivity contribution >= 4 is 0 Å². The number of pyridine rings is 1. The molecule has 0 bridgehead atoms. The molecule has 1 rings (SSSR count). The Balaban J connectivity index is 2.69. The van der Waals surface area contributed by atoms with Gasteiger partial charge in [0.2, 0.25) is 0 Å². The molecule has 1 unspecified atom stereocenters. The molecule has 0 aliphatic rings. The average molecular weight is 192 g/mol. The molecule has 0 aliphatic carbocycles. The second kappa shape index (κ2) is 4.56. The molecule has 1 heterocycles. The molecule has 2 heteroatoms. The van der Waals surface area contributed by atoms with Crippen molar-refractivity contribution in [3.8, 4) is 0 Å². The Morgan fingerprint density at radius 1 is 1.36 bits per heavy atom. The monoisotopic (exact) mass is 192 g/mol. The highest BCUT2D eigenvalue weighted by Crippen LogP contribution is 2.12. The lowest BCUT2D eigenvalue weighted by atomic mass is 9.94. The number of rotatable bonds is 4. The Labute approximate surface area is 86.5 Å². The zero-order valence-electron chi connectivity index (χ0n) is 9.38. The van der Waals surface area contributed by atoms with E-state index in [1.807, 2.05) is 6.20 Å². The topological polar surface area (TPSA) is 38.9 Å². The van der Waals surface area contributed by atoms with Crippen LogP contribution in [0.2, 0.25) is 0 Å². The van der Waals surface area contributed by atoms with E-state index in [0.29, 0.717) is 0 Å². The number of hydrogen-bond acceptors (Lipinski definition) is 2. The number of hydrogen-bond donors (Lipinski definition) is 1. The molecule has 0 amide bonds. The lowest BCUT2D eigenvalue weighted by Gasteiger charge is -2.21. The minimum absolute atomic E-state index is 0.124. The van der Waals surface area contributed by atoms with E-state index in [1.54, 1.807) is 0 Å². The van der Waals surface area contributed by atoms with Crippen molar-refractivity contribution in [2.45, 2.75) is 45.6 Å². The molecular weight excluding hydrogens is 172 g/mol. The first kappa shape index (κ1) is 11.2. The van der Waals surface area contributed by atoms with Gasteiger partial charge in [-0.15, -0.1) is 0 Å². The molecular formula is C12H20N2. The van der Waals surface area contributed by atoms with E-state index in [-0.39, 0.29) is 5.54 Å². The van der Waals surface area contributed by atoms with E-state index in [9.17, 15) is 0 Å². The molecule has 0 saturated heterocycles. The van der Waals surface area contributed by atoms with Crippen molar-refractivity contribution in [3.63, 3.8) is 0 Å². The van der Waals surface area contributed by atoms with E-state index in [2.05, 4.69) is 37.9 Å². The fraction of sp³-hybridized carbons (Fsp3) is 0.583. The average Bonchev–Trinajstić information content (AvgIpc) is 2.19. The van der Waals surface area contributed by atoms with Gasteiger partial charge in [-0.3, -0.25) is 4.98 Å². The lowest BCUT2D eigenvalue weighted by Crippen LogP contribution is -2.37. The summed E-state index contributed by atoms with van der Waals surface area (Å²) >= 11 is 0. The second-order valence-electron chi connectivity index (χ2n) is 4.20. The van der Waals surface area contributed by atoms with Gasteiger partial charge in [0.1, 0.15) is 0 Å². The van der Waals surface area contributed by atoms with Crippen LogP contribution in [0.25, 0.3) is 0 Å². The molecule has 2 nitrogen and oxygen atoms in total. The molecule has 0 aromatic carbocycles. The highest BCUT2D eigenvalue weighted by atomic mass is 14.7. The molecule has 1 atom stereocenters. The SMILES string of the molecule is CCc1ccc(CC(C)(N)CC)nc1. The molecule has 1 aromatic rings. The van der Waals surface area contributed by atoms with Gasteiger partial charge in [0.15, 0.2) is 0 Å². The quantitative estimate of drug-likeness (QED) is 0.795. The summed E-state index contributed by atoms with van der Waals surface area (Å²) in [5, 5.41) is 0. The molecule has 0 spiro atoms. The number of nitrogens with two attached hydrogens (primary N) is 1. The van der Waals surface area contributed by atoms with Gasteiger partial charge in [0.05, 0.1) is 0 Å². The summed E-state index contributed by atoms with van der Waals surface area (Å²) in [4.78, 5) is 4.40. The van der Waals surface area contributed by atoms with Crippen LogP contribution in [0.3, 0.4) is 0 Å². The molecule has 1 aromatic heterocycles. The Hall–Kier alpha value is -0.890. The second-order valence-corrected chi connectivity index (χ2v) is 4.20. The van der Waals surface area contributed by atoms with Gasteiger partial charge in [0.25, 0.3) is 0 Å². The molecule has 0 fully saturated rings. The largest absolute Gasteiger partial charge is 0.325 e. The normalized spacial score (nSPS) is 15.1. The van der Waals surface area contributed by atoms with Crippen LogP contribution in [0.1, 0.15) is 38.4 Å². The summed E-state index contributed by atoms with van der Waals surface area (Å²) in [6.07, 6.45) is 4.82. The maximum atomic E-state index is 6.08.